The summed E-state index contributed by atoms with van der Waals surface area (Å²) < 4.78 is 5.76. The van der Waals surface area contributed by atoms with Crippen molar-refractivity contribution in [1.82, 2.24) is 10.2 Å². The van der Waals surface area contributed by atoms with Crippen molar-refractivity contribution in [3.8, 4) is 5.75 Å². The van der Waals surface area contributed by atoms with Gasteiger partial charge >= 0.3 is 0 Å². The van der Waals surface area contributed by atoms with Crippen molar-refractivity contribution in [2.45, 2.75) is 38.7 Å². The first-order valence-electron chi connectivity index (χ1n) is 8.47. The van der Waals surface area contributed by atoms with Crippen molar-refractivity contribution < 1.29 is 9.53 Å². The van der Waals surface area contributed by atoms with Gasteiger partial charge in [0, 0.05) is 11.6 Å². The lowest BCUT2D eigenvalue weighted by atomic mass is 9.94. The van der Waals surface area contributed by atoms with E-state index in [9.17, 15) is 4.79 Å². The number of rotatable bonds is 7. The summed E-state index contributed by atoms with van der Waals surface area (Å²) in [4.78, 5) is 14.6. The molecule has 128 valence electrons. The molecule has 1 N–H and O–H groups in total. The Hall–Kier alpha value is -1.26. The zero-order valence-electron chi connectivity index (χ0n) is 14.1. The molecule has 4 nitrogen and oxygen atoms in total. The van der Waals surface area contributed by atoms with Gasteiger partial charge in [-0.15, -0.1) is 0 Å². The van der Waals surface area contributed by atoms with Crippen LogP contribution in [0.5, 0.6) is 5.75 Å². The molecule has 0 saturated carbocycles. The molecule has 1 amide bonds. The minimum absolute atomic E-state index is 0.0321. The van der Waals surface area contributed by atoms with Crippen molar-refractivity contribution in [2.75, 3.05) is 26.7 Å². The number of amides is 1. The number of piperidine rings is 1. The first kappa shape index (κ1) is 18.1. The molecular weight excluding hydrogens is 312 g/mol. The van der Waals surface area contributed by atoms with E-state index in [0.29, 0.717) is 17.2 Å². The highest BCUT2D eigenvalue weighted by Gasteiger charge is 2.20. The third-order valence-corrected chi connectivity index (χ3v) is 4.70. The van der Waals surface area contributed by atoms with Crippen molar-refractivity contribution in [1.29, 1.82) is 0 Å². The fraction of sp³-hybridized carbons (Fsp3) is 0.611. The van der Waals surface area contributed by atoms with Gasteiger partial charge in [0.25, 0.3) is 5.91 Å². The maximum absolute atomic E-state index is 12.3. The summed E-state index contributed by atoms with van der Waals surface area (Å²) in [5, 5.41) is 3.68. The van der Waals surface area contributed by atoms with Crippen LogP contribution in [0.2, 0.25) is 5.02 Å². The first-order chi connectivity index (χ1) is 11.1. The van der Waals surface area contributed by atoms with Gasteiger partial charge in [0.2, 0.25) is 0 Å². The molecule has 0 radical (unpaired) electrons. The van der Waals surface area contributed by atoms with E-state index < -0.39 is 6.10 Å². The van der Waals surface area contributed by atoms with E-state index in [0.717, 1.165) is 32.0 Å². The van der Waals surface area contributed by atoms with E-state index in [1.54, 1.807) is 24.3 Å². The second-order valence-electron chi connectivity index (χ2n) is 6.30. The van der Waals surface area contributed by atoms with Gasteiger partial charge in [0.15, 0.2) is 6.10 Å². The Morgan fingerprint density at radius 2 is 2.00 bits per heavy atom. The monoisotopic (exact) mass is 338 g/mol. The Morgan fingerprint density at radius 1 is 1.35 bits per heavy atom. The van der Waals surface area contributed by atoms with E-state index in [2.05, 4.69) is 17.3 Å². The van der Waals surface area contributed by atoms with Crippen LogP contribution in [0.4, 0.5) is 0 Å². The Morgan fingerprint density at radius 3 is 2.61 bits per heavy atom. The molecular formula is C18H27ClN2O2. The molecule has 0 bridgehead atoms. The maximum atomic E-state index is 12.3. The Kier molecular flexibility index (Phi) is 7.18. The molecule has 23 heavy (non-hydrogen) atoms. The average Bonchev–Trinajstić information content (AvgIpc) is 2.56. The van der Waals surface area contributed by atoms with Crippen LogP contribution in [0.3, 0.4) is 0 Å². The van der Waals surface area contributed by atoms with Crippen LogP contribution in [-0.2, 0) is 4.79 Å². The number of ether oxygens (including phenoxy) is 1. The molecule has 1 aliphatic rings. The number of carbonyl (C=O) groups is 1. The Labute approximate surface area is 144 Å². The van der Waals surface area contributed by atoms with E-state index >= 15 is 0 Å². The van der Waals surface area contributed by atoms with Crippen LogP contribution >= 0.6 is 11.6 Å². The van der Waals surface area contributed by atoms with E-state index in [1.165, 1.54) is 12.8 Å². The van der Waals surface area contributed by atoms with Gasteiger partial charge in [-0.2, -0.15) is 0 Å². The summed E-state index contributed by atoms with van der Waals surface area (Å²) in [7, 11) is 2.16. The first-order valence-corrected chi connectivity index (χ1v) is 8.84. The standard InChI is InChI=1S/C18H27ClN2O2/c1-3-17(23-16-6-4-15(19)5-7-16)18(22)20-11-8-14-9-12-21(2)13-10-14/h4-7,14,17H,3,8-13H2,1-2H3,(H,20,22)/t17-/m1/s1. The molecule has 0 spiro atoms. The Bertz CT molecular complexity index is 484. The fourth-order valence-electron chi connectivity index (χ4n) is 2.86. The topological polar surface area (TPSA) is 41.6 Å². The van der Waals surface area contributed by atoms with Crippen LogP contribution in [0.25, 0.3) is 0 Å². The van der Waals surface area contributed by atoms with E-state index in [-0.39, 0.29) is 5.91 Å². The van der Waals surface area contributed by atoms with E-state index in [1.807, 2.05) is 6.92 Å². The molecule has 1 aromatic rings. The second-order valence-corrected chi connectivity index (χ2v) is 6.73. The van der Waals surface area contributed by atoms with Crippen LogP contribution in [0.1, 0.15) is 32.6 Å². The number of likely N-dealkylation sites (tertiary alicyclic amines) is 1. The van der Waals surface area contributed by atoms with Crippen LogP contribution in [0.15, 0.2) is 24.3 Å². The van der Waals surface area contributed by atoms with Crippen molar-refractivity contribution in [3.63, 3.8) is 0 Å². The van der Waals surface area contributed by atoms with Gasteiger partial charge in [-0.1, -0.05) is 18.5 Å². The predicted molar refractivity (Wildman–Crippen MR) is 94.0 cm³/mol. The fourth-order valence-corrected chi connectivity index (χ4v) is 2.99. The molecule has 1 heterocycles. The van der Waals surface area contributed by atoms with Gasteiger partial charge < -0.3 is 15.0 Å². The highest BCUT2D eigenvalue weighted by Crippen LogP contribution is 2.19. The molecule has 1 fully saturated rings. The lowest BCUT2D eigenvalue weighted by Gasteiger charge is -2.29. The summed E-state index contributed by atoms with van der Waals surface area (Å²) in [6.07, 6.45) is 3.70. The molecule has 1 aromatic carbocycles. The quantitative estimate of drug-likeness (QED) is 0.829. The van der Waals surface area contributed by atoms with Gasteiger partial charge in [0.05, 0.1) is 0 Å². The van der Waals surface area contributed by atoms with E-state index in [4.69, 9.17) is 16.3 Å². The zero-order valence-corrected chi connectivity index (χ0v) is 14.8. The van der Waals surface area contributed by atoms with Crippen molar-refractivity contribution >= 4 is 17.5 Å². The predicted octanol–water partition coefficient (Wildman–Crippen LogP) is 3.35. The minimum atomic E-state index is -0.450. The molecule has 0 aliphatic carbocycles. The van der Waals surface area contributed by atoms with Gasteiger partial charge in [-0.3, -0.25) is 4.79 Å². The summed E-state index contributed by atoms with van der Waals surface area (Å²) in [5.41, 5.74) is 0. The summed E-state index contributed by atoms with van der Waals surface area (Å²) in [5.74, 6) is 1.37. The Balaban J connectivity index is 1.73. The largest absolute Gasteiger partial charge is 0.481 e. The van der Waals surface area contributed by atoms with Crippen LogP contribution in [-0.4, -0.2) is 43.6 Å². The number of nitrogens with one attached hydrogen (secondary N) is 1. The number of nitrogens with zero attached hydrogens (tertiary/aromatic N) is 1. The number of hydrogen-bond acceptors (Lipinski definition) is 3. The van der Waals surface area contributed by atoms with Crippen LogP contribution < -0.4 is 10.1 Å². The van der Waals surface area contributed by atoms with Gasteiger partial charge in [0.1, 0.15) is 5.75 Å². The highest BCUT2D eigenvalue weighted by molar-refractivity contribution is 6.30. The number of benzene rings is 1. The summed E-state index contributed by atoms with van der Waals surface area (Å²) in [6, 6.07) is 7.11. The van der Waals surface area contributed by atoms with Gasteiger partial charge in [-0.05, 0) is 76.0 Å². The molecule has 1 aliphatic heterocycles. The molecule has 0 aromatic heterocycles. The lowest BCUT2D eigenvalue weighted by Crippen LogP contribution is -2.39. The smallest absolute Gasteiger partial charge is 0.261 e. The highest BCUT2D eigenvalue weighted by atomic mass is 35.5. The zero-order chi connectivity index (χ0) is 16.7. The molecule has 2 rings (SSSR count). The summed E-state index contributed by atoms with van der Waals surface area (Å²) >= 11 is 5.86. The number of halogens is 1. The number of carbonyl (C=O) groups excluding carboxylic acids is 1. The lowest BCUT2D eigenvalue weighted by molar-refractivity contribution is -0.128. The molecule has 5 heteroatoms. The average molecular weight is 339 g/mol. The molecule has 0 unspecified atom stereocenters. The third kappa shape index (κ3) is 6.04. The number of hydrogen-bond donors (Lipinski definition) is 1. The van der Waals surface area contributed by atoms with Crippen LogP contribution in [0, 0.1) is 5.92 Å². The second kappa shape index (κ2) is 9.14. The van der Waals surface area contributed by atoms with Crippen molar-refractivity contribution in [2.24, 2.45) is 5.92 Å². The van der Waals surface area contributed by atoms with Crippen molar-refractivity contribution in [3.05, 3.63) is 29.3 Å². The minimum Gasteiger partial charge on any atom is -0.481 e. The maximum Gasteiger partial charge on any atom is 0.261 e. The summed E-state index contributed by atoms with van der Waals surface area (Å²) in [6.45, 7) is 5.01. The molecule has 1 saturated heterocycles. The molecule has 1 atom stereocenters. The third-order valence-electron chi connectivity index (χ3n) is 4.45. The normalized spacial score (nSPS) is 17.7. The SMILES string of the molecule is CC[C@@H](Oc1ccc(Cl)cc1)C(=O)NCCC1CCN(C)CC1. The van der Waals surface area contributed by atoms with Gasteiger partial charge in [-0.25, -0.2) is 0 Å².